The van der Waals surface area contributed by atoms with Gasteiger partial charge in [-0.2, -0.15) is 0 Å². The van der Waals surface area contributed by atoms with Crippen LogP contribution in [0.2, 0.25) is 5.02 Å². The summed E-state index contributed by atoms with van der Waals surface area (Å²) in [5.74, 6) is 0.644. The zero-order chi connectivity index (χ0) is 12.4. The van der Waals surface area contributed by atoms with E-state index in [4.69, 9.17) is 11.6 Å². The number of fused-ring (bicyclic) bond motifs is 1. The van der Waals surface area contributed by atoms with Crippen molar-refractivity contribution in [2.75, 3.05) is 5.32 Å². The second-order valence-electron chi connectivity index (χ2n) is 4.45. The lowest BCUT2D eigenvalue weighted by Gasteiger charge is -2.18. The summed E-state index contributed by atoms with van der Waals surface area (Å²) in [5.41, 5.74) is 1.01. The molecule has 1 aromatic carbocycles. The standard InChI is InChI=1S/C13H17ClN2S/c1-4-8(2)9(3)15-13-16-11-6-5-10(14)7-12(11)17-13/h5-9H,4H2,1-3H3,(H,15,16). The maximum Gasteiger partial charge on any atom is 0.184 e. The van der Waals surface area contributed by atoms with Gasteiger partial charge >= 0.3 is 0 Å². The van der Waals surface area contributed by atoms with Gasteiger partial charge in [0.15, 0.2) is 5.13 Å². The molecule has 0 radical (unpaired) electrons. The van der Waals surface area contributed by atoms with E-state index >= 15 is 0 Å². The number of benzene rings is 1. The molecule has 2 unspecified atom stereocenters. The van der Waals surface area contributed by atoms with Gasteiger partial charge in [-0.25, -0.2) is 4.98 Å². The van der Waals surface area contributed by atoms with E-state index in [1.165, 1.54) is 6.42 Å². The first-order chi connectivity index (χ1) is 8.10. The molecule has 0 spiro atoms. The monoisotopic (exact) mass is 268 g/mol. The summed E-state index contributed by atoms with van der Waals surface area (Å²) in [6.07, 6.45) is 1.17. The van der Waals surface area contributed by atoms with Gasteiger partial charge in [0.05, 0.1) is 10.2 Å². The molecule has 2 aromatic rings. The Hall–Kier alpha value is -0.800. The molecule has 17 heavy (non-hydrogen) atoms. The highest BCUT2D eigenvalue weighted by atomic mass is 35.5. The molecule has 2 nitrogen and oxygen atoms in total. The SMILES string of the molecule is CCC(C)C(C)Nc1nc2ccc(Cl)cc2s1. The fourth-order valence-corrected chi connectivity index (χ4v) is 2.89. The van der Waals surface area contributed by atoms with Crippen molar-refractivity contribution in [2.45, 2.75) is 33.2 Å². The molecule has 0 aliphatic heterocycles. The average Bonchev–Trinajstić information content (AvgIpc) is 2.69. The molecule has 2 atom stereocenters. The molecule has 0 aliphatic rings. The Morgan fingerprint density at radius 2 is 2.18 bits per heavy atom. The number of aromatic nitrogens is 1. The Morgan fingerprint density at radius 1 is 1.41 bits per heavy atom. The first-order valence-electron chi connectivity index (χ1n) is 5.92. The van der Waals surface area contributed by atoms with E-state index in [2.05, 4.69) is 31.1 Å². The smallest absolute Gasteiger partial charge is 0.184 e. The molecule has 1 N–H and O–H groups in total. The van der Waals surface area contributed by atoms with Crippen LogP contribution in [-0.2, 0) is 0 Å². The summed E-state index contributed by atoms with van der Waals surface area (Å²) in [4.78, 5) is 4.56. The van der Waals surface area contributed by atoms with Crippen molar-refractivity contribution in [3.05, 3.63) is 23.2 Å². The minimum absolute atomic E-state index is 0.441. The molecule has 92 valence electrons. The summed E-state index contributed by atoms with van der Waals surface area (Å²) in [6, 6.07) is 6.25. The van der Waals surface area contributed by atoms with Crippen LogP contribution in [0.4, 0.5) is 5.13 Å². The molecule has 0 amide bonds. The number of hydrogen-bond acceptors (Lipinski definition) is 3. The van der Waals surface area contributed by atoms with Crippen LogP contribution in [-0.4, -0.2) is 11.0 Å². The van der Waals surface area contributed by atoms with E-state index in [9.17, 15) is 0 Å². The van der Waals surface area contributed by atoms with Gasteiger partial charge in [-0.1, -0.05) is 43.2 Å². The molecule has 0 saturated heterocycles. The van der Waals surface area contributed by atoms with Crippen LogP contribution in [0.25, 0.3) is 10.2 Å². The Balaban J connectivity index is 2.19. The maximum absolute atomic E-state index is 5.97. The molecule has 0 fully saturated rings. The number of rotatable bonds is 4. The topological polar surface area (TPSA) is 24.9 Å². The van der Waals surface area contributed by atoms with Crippen LogP contribution in [0.5, 0.6) is 0 Å². The van der Waals surface area contributed by atoms with Gasteiger partial charge in [-0.15, -0.1) is 0 Å². The third-order valence-corrected chi connectivity index (χ3v) is 4.38. The normalized spacial score (nSPS) is 14.8. The van der Waals surface area contributed by atoms with E-state index in [-0.39, 0.29) is 0 Å². The van der Waals surface area contributed by atoms with Crippen molar-refractivity contribution < 1.29 is 0 Å². The van der Waals surface area contributed by atoms with Gasteiger partial charge in [0, 0.05) is 11.1 Å². The van der Waals surface area contributed by atoms with E-state index in [1.54, 1.807) is 11.3 Å². The predicted molar refractivity (Wildman–Crippen MR) is 77.2 cm³/mol. The summed E-state index contributed by atoms with van der Waals surface area (Å²) in [5, 5.41) is 5.21. The molecule has 2 rings (SSSR count). The van der Waals surface area contributed by atoms with E-state index < -0.39 is 0 Å². The summed E-state index contributed by atoms with van der Waals surface area (Å²) in [7, 11) is 0. The zero-order valence-electron chi connectivity index (χ0n) is 10.3. The molecular weight excluding hydrogens is 252 g/mol. The maximum atomic E-state index is 5.97. The highest BCUT2D eigenvalue weighted by Gasteiger charge is 2.12. The fraction of sp³-hybridized carbons (Fsp3) is 0.462. The molecule has 1 heterocycles. The first-order valence-corrected chi connectivity index (χ1v) is 7.12. The van der Waals surface area contributed by atoms with Crippen LogP contribution in [0, 0.1) is 5.92 Å². The zero-order valence-corrected chi connectivity index (χ0v) is 11.9. The minimum atomic E-state index is 0.441. The first kappa shape index (κ1) is 12.7. The molecule has 0 aliphatic carbocycles. The van der Waals surface area contributed by atoms with E-state index in [0.29, 0.717) is 12.0 Å². The molecule has 4 heteroatoms. The van der Waals surface area contributed by atoms with Crippen molar-refractivity contribution in [2.24, 2.45) is 5.92 Å². The molecule has 0 bridgehead atoms. The third-order valence-electron chi connectivity index (χ3n) is 3.20. The molecule has 1 aromatic heterocycles. The average molecular weight is 269 g/mol. The summed E-state index contributed by atoms with van der Waals surface area (Å²) < 4.78 is 1.14. The lowest BCUT2D eigenvalue weighted by molar-refractivity contribution is 0.494. The van der Waals surface area contributed by atoms with Crippen LogP contribution < -0.4 is 5.32 Å². The third kappa shape index (κ3) is 2.90. The Labute approximate surface area is 111 Å². The second kappa shape index (κ2) is 5.23. The van der Waals surface area contributed by atoms with Crippen molar-refractivity contribution in [1.29, 1.82) is 0 Å². The number of thiazole rings is 1. The number of halogens is 1. The van der Waals surface area contributed by atoms with Gasteiger partial charge in [0.1, 0.15) is 0 Å². The van der Waals surface area contributed by atoms with E-state index in [0.717, 1.165) is 20.4 Å². The minimum Gasteiger partial charge on any atom is -0.359 e. The Bertz CT molecular complexity index is 509. The number of hydrogen-bond donors (Lipinski definition) is 1. The number of nitrogens with one attached hydrogen (secondary N) is 1. The van der Waals surface area contributed by atoms with Gasteiger partial charge in [0.2, 0.25) is 0 Å². The van der Waals surface area contributed by atoms with Crippen molar-refractivity contribution in [3.8, 4) is 0 Å². The highest BCUT2D eigenvalue weighted by Crippen LogP contribution is 2.29. The fourth-order valence-electron chi connectivity index (χ4n) is 1.65. The number of anilines is 1. The van der Waals surface area contributed by atoms with Crippen LogP contribution in [0.3, 0.4) is 0 Å². The van der Waals surface area contributed by atoms with Crippen molar-refractivity contribution in [3.63, 3.8) is 0 Å². The largest absolute Gasteiger partial charge is 0.359 e. The second-order valence-corrected chi connectivity index (χ2v) is 5.92. The van der Waals surface area contributed by atoms with Gasteiger partial charge in [-0.05, 0) is 31.0 Å². The lowest BCUT2D eigenvalue weighted by Crippen LogP contribution is -2.22. The lowest BCUT2D eigenvalue weighted by atomic mass is 10.0. The van der Waals surface area contributed by atoms with Crippen LogP contribution in [0.15, 0.2) is 18.2 Å². The number of nitrogens with zero attached hydrogens (tertiary/aromatic N) is 1. The van der Waals surface area contributed by atoms with Gasteiger partial charge in [0.25, 0.3) is 0 Å². The van der Waals surface area contributed by atoms with Crippen molar-refractivity contribution >= 4 is 38.3 Å². The predicted octanol–water partition coefficient (Wildman–Crippen LogP) is 4.80. The van der Waals surface area contributed by atoms with Gasteiger partial charge < -0.3 is 5.32 Å². The quantitative estimate of drug-likeness (QED) is 0.862. The molecule has 0 saturated carbocycles. The van der Waals surface area contributed by atoms with Gasteiger partial charge in [-0.3, -0.25) is 0 Å². The van der Waals surface area contributed by atoms with E-state index in [1.807, 2.05) is 18.2 Å². The summed E-state index contributed by atoms with van der Waals surface area (Å²) >= 11 is 7.63. The summed E-state index contributed by atoms with van der Waals surface area (Å²) in [6.45, 7) is 6.66. The highest BCUT2D eigenvalue weighted by molar-refractivity contribution is 7.22. The Morgan fingerprint density at radius 3 is 2.88 bits per heavy atom. The Kier molecular flexibility index (Phi) is 3.89. The molecular formula is C13H17ClN2S. The van der Waals surface area contributed by atoms with Crippen molar-refractivity contribution in [1.82, 2.24) is 4.98 Å². The van der Waals surface area contributed by atoms with Crippen LogP contribution in [0.1, 0.15) is 27.2 Å². The van der Waals surface area contributed by atoms with Crippen LogP contribution >= 0.6 is 22.9 Å².